The topological polar surface area (TPSA) is 49.8 Å². The molecule has 0 aromatic heterocycles. The lowest BCUT2D eigenvalue weighted by Gasteiger charge is -2.35. The summed E-state index contributed by atoms with van der Waals surface area (Å²) in [7, 11) is 0. The molecule has 0 bridgehead atoms. The van der Waals surface area contributed by atoms with Gasteiger partial charge in [-0.1, -0.05) is 104 Å². The fraction of sp³-hybridized carbons (Fsp3) is 0.276. The van der Waals surface area contributed by atoms with Gasteiger partial charge in [-0.15, -0.1) is 0 Å². The predicted molar refractivity (Wildman–Crippen MR) is 132 cm³/mol. The molecule has 0 saturated carbocycles. The third-order valence-electron chi connectivity index (χ3n) is 5.54. The number of aliphatic hydroxyl groups excluding tert-OH is 1. The van der Waals surface area contributed by atoms with E-state index in [2.05, 4.69) is 41.3 Å². The molecule has 0 saturated heterocycles. The summed E-state index contributed by atoms with van der Waals surface area (Å²) in [6, 6.07) is 30.4. The van der Waals surface area contributed by atoms with E-state index in [-0.39, 0.29) is 12.6 Å². The quantitative estimate of drug-likeness (QED) is 0.310. The van der Waals surface area contributed by atoms with E-state index in [4.69, 9.17) is 4.74 Å². The van der Waals surface area contributed by atoms with Gasteiger partial charge < -0.3 is 9.84 Å². The lowest BCUT2D eigenvalue weighted by atomic mass is 9.98. The number of rotatable bonds is 12. The molecule has 0 aliphatic rings. The Kier molecular flexibility index (Phi) is 9.89. The van der Waals surface area contributed by atoms with E-state index in [9.17, 15) is 9.90 Å². The van der Waals surface area contributed by atoms with Crippen LogP contribution in [0.5, 0.6) is 0 Å². The molecule has 0 aliphatic carbocycles. The molecule has 3 aromatic rings. The standard InChI is InChI=1S/C29H33NO3/c1-2-3-19-29(32)33-23-28(31)27(20-24-13-7-4-8-14-24)30(21-25-15-9-5-10-16-25)22-26-17-11-6-12-18-26/h3-19,27-28,31H,2,20-23H2,1H3/t27-,28-/m0/s1. The Bertz CT molecular complexity index is 932. The van der Waals surface area contributed by atoms with E-state index in [1.54, 1.807) is 6.08 Å². The normalized spacial score (nSPS) is 13.2. The van der Waals surface area contributed by atoms with Gasteiger partial charge >= 0.3 is 5.97 Å². The van der Waals surface area contributed by atoms with Crippen molar-refractivity contribution in [2.24, 2.45) is 0 Å². The van der Waals surface area contributed by atoms with Gasteiger partial charge in [0, 0.05) is 25.2 Å². The smallest absolute Gasteiger partial charge is 0.330 e. The zero-order valence-corrected chi connectivity index (χ0v) is 19.2. The summed E-state index contributed by atoms with van der Waals surface area (Å²) >= 11 is 0. The summed E-state index contributed by atoms with van der Waals surface area (Å²) < 4.78 is 5.37. The molecule has 172 valence electrons. The van der Waals surface area contributed by atoms with Crippen LogP contribution >= 0.6 is 0 Å². The number of aliphatic hydroxyl groups is 1. The van der Waals surface area contributed by atoms with Crippen LogP contribution in [0, 0.1) is 0 Å². The molecule has 4 nitrogen and oxygen atoms in total. The van der Waals surface area contributed by atoms with Crippen LogP contribution in [0.4, 0.5) is 0 Å². The highest BCUT2D eigenvalue weighted by atomic mass is 16.5. The van der Waals surface area contributed by atoms with Crippen molar-refractivity contribution < 1.29 is 14.6 Å². The third-order valence-corrected chi connectivity index (χ3v) is 5.54. The van der Waals surface area contributed by atoms with Crippen LogP contribution in [0.15, 0.2) is 103 Å². The minimum Gasteiger partial charge on any atom is -0.460 e. The van der Waals surface area contributed by atoms with Crippen molar-refractivity contribution in [2.75, 3.05) is 6.61 Å². The van der Waals surface area contributed by atoms with Gasteiger partial charge in [-0.05, 0) is 29.5 Å². The van der Waals surface area contributed by atoms with Crippen LogP contribution in [0.3, 0.4) is 0 Å². The third kappa shape index (κ3) is 8.33. The largest absolute Gasteiger partial charge is 0.460 e. The number of allylic oxidation sites excluding steroid dienone is 1. The maximum atomic E-state index is 12.0. The van der Waals surface area contributed by atoms with Gasteiger partial charge in [0.1, 0.15) is 12.7 Å². The molecule has 0 fully saturated rings. The molecule has 0 aliphatic heterocycles. The first-order chi connectivity index (χ1) is 16.2. The van der Waals surface area contributed by atoms with Crippen molar-refractivity contribution >= 4 is 5.97 Å². The summed E-state index contributed by atoms with van der Waals surface area (Å²) in [5, 5.41) is 11.2. The monoisotopic (exact) mass is 443 g/mol. The highest BCUT2D eigenvalue weighted by Gasteiger charge is 2.28. The number of carbonyl (C=O) groups is 1. The van der Waals surface area contributed by atoms with Crippen LogP contribution in [0.25, 0.3) is 0 Å². The zero-order chi connectivity index (χ0) is 23.3. The fourth-order valence-corrected chi connectivity index (χ4v) is 3.83. The number of esters is 1. The first kappa shape index (κ1) is 24.4. The first-order valence-corrected chi connectivity index (χ1v) is 11.5. The molecule has 4 heteroatoms. The molecular formula is C29H33NO3. The summed E-state index contributed by atoms with van der Waals surface area (Å²) in [5.74, 6) is -0.424. The summed E-state index contributed by atoms with van der Waals surface area (Å²) in [5.41, 5.74) is 3.47. The number of nitrogens with zero attached hydrogens (tertiary/aromatic N) is 1. The number of carbonyl (C=O) groups excluding carboxylic acids is 1. The molecule has 0 spiro atoms. The number of benzene rings is 3. The van der Waals surface area contributed by atoms with Crippen LogP contribution in [0.2, 0.25) is 0 Å². The van der Waals surface area contributed by atoms with E-state index < -0.39 is 12.1 Å². The molecule has 0 unspecified atom stereocenters. The second-order valence-corrected chi connectivity index (χ2v) is 8.14. The lowest BCUT2D eigenvalue weighted by Crippen LogP contribution is -2.46. The maximum absolute atomic E-state index is 12.0. The van der Waals surface area contributed by atoms with Crippen molar-refractivity contribution in [3.05, 3.63) is 120 Å². The predicted octanol–water partition coefficient (Wildman–Crippen LogP) is 5.17. The van der Waals surface area contributed by atoms with E-state index in [1.165, 1.54) is 17.2 Å². The van der Waals surface area contributed by atoms with Crippen molar-refractivity contribution in [1.82, 2.24) is 4.90 Å². The van der Waals surface area contributed by atoms with E-state index in [1.807, 2.05) is 61.5 Å². The number of ether oxygens (including phenoxy) is 1. The molecule has 3 rings (SSSR count). The molecular weight excluding hydrogens is 410 g/mol. The Balaban J connectivity index is 1.85. The van der Waals surface area contributed by atoms with E-state index >= 15 is 0 Å². The van der Waals surface area contributed by atoms with Crippen LogP contribution < -0.4 is 0 Å². The molecule has 0 heterocycles. The highest BCUT2D eigenvalue weighted by Crippen LogP contribution is 2.20. The minimum absolute atomic E-state index is 0.0511. The molecule has 1 N–H and O–H groups in total. The van der Waals surface area contributed by atoms with Gasteiger partial charge in [0.25, 0.3) is 0 Å². The molecule has 0 amide bonds. The van der Waals surface area contributed by atoms with Gasteiger partial charge in [-0.3, -0.25) is 4.90 Å². The summed E-state index contributed by atoms with van der Waals surface area (Å²) in [4.78, 5) is 14.3. The Morgan fingerprint density at radius 3 is 1.82 bits per heavy atom. The maximum Gasteiger partial charge on any atom is 0.330 e. The molecule has 0 radical (unpaired) electrons. The molecule has 33 heavy (non-hydrogen) atoms. The molecule has 2 atom stereocenters. The Labute approximate surface area is 197 Å². The average molecular weight is 444 g/mol. The van der Waals surface area contributed by atoms with Gasteiger partial charge in [0.2, 0.25) is 0 Å². The average Bonchev–Trinajstić information content (AvgIpc) is 2.86. The second kappa shape index (κ2) is 13.4. The SMILES string of the molecule is CCC=CC(=O)OC[C@H](O)[C@H](Cc1ccccc1)N(Cc1ccccc1)Cc1ccccc1. The van der Waals surface area contributed by atoms with Crippen molar-refractivity contribution in [1.29, 1.82) is 0 Å². The van der Waals surface area contributed by atoms with E-state index in [0.29, 0.717) is 19.5 Å². The van der Waals surface area contributed by atoms with Crippen molar-refractivity contribution in [3.63, 3.8) is 0 Å². The first-order valence-electron chi connectivity index (χ1n) is 11.5. The van der Waals surface area contributed by atoms with E-state index in [0.717, 1.165) is 12.0 Å². The van der Waals surface area contributed by atoms with Crippen LogP contribution in [-0.4, -0.2) is 34.7 Å². The lowest BCUT2D eigenvalue weighted by molar-refractivity contribution is -0.142. The van der Waals surface area contributed by atoms with Crippen molar-refractivity contribution in [3.8, 4) is 0 Å². The minimum atomic E-state index is -0.836. The number of hydrogen-bond donors (Lipinski definition) is 1. The second-order valence-electron chi connectivity index (χ2n) is 8.14. The number of hydrogen-bond acceptors (Lipinski definition) is 4. The highest BCUT2D eigenvalue weighted by molar-refractivity contribution is 5.81. The van der Waals surface area contributed by atoms with Crippen molar-refractivity contribution in [2.45, 2.75) is 45.0 Å². The molecule has 3 aromatic carbocycles. The Hall–Kier alpha value is -3.21. The van der Waals surface area contributed by atoms with Gasteiger partial charge in [0.05, 0.1) is 0 Å². The van der Waals surface area contributed by atoms with Crippen LogP contribution in [-0.2, 0) is 29.0 Å². The van der Waals surface area contributed by atoms with Gasteiger partial charge in [-0.2, -0.15) is 0 Å². The zero-order valence-electron chi connectivity index (χ0n) is 19.2. The van der Waals surface area contributed by atoms with Gasteiger partial charge in [0.15, 0.2) is 0 Å². The van der Waals surface area contributed by atoms with Gasteiger partial charge in [-0.25, -0.2) is 4.79 Å². The summed E-state index contributed by atoms with van der Waals surface area (Å²) in [6.07, 6.45) is 3.75. The van der Waals surface area contributed by atoms with Crippen LogP contribution in [0.1, 0.15) is 30.0 Å². The summed E-state index contributed by atoms with van der Waals surface area (Å²) in [6.45, 7) is 3.26. The Morgan fingerprint density at radius 2 is 1.33 bits per heavy atom. The fourth-order valence-electron chi connectivity index (χ4n) is 3.83. The Morgan fingerprint density at radius 1 is 0.848 bits per heavy atom.